The lowest BCUT2D eigenvalue weighted by atomic mass is 10.1. The van der Waals surface area contributed by atoms with Gasteiger partial charge < -0.3 is 10.0 Å². The van der Waals surface area contributed by atoms with Crippen molar-refractivity contribution in [3.8, 4) is 0 Å². The Morgan fingerprint density at radius 3 is 2.75 bits per heavy atom. The van der Waals surface area contributed by atoms with Crippen molar-refractivity contribution >= 4 is 15.9 Å². The van der Waals surface area contributed by atoms with Crippen molar-refractivity contribution < 1.29 is 5.11 Å². The van der Waals surface area contributed by atoms with E-state index in [9.17, 15) is 5.11 Å². The molecule has 0 bridgehead atoms. The molecule has 0 aromatic heterocycles. The molecule has 1 aromatic carbocycles. The monoisotopic (exact) mass is 285 g/mol. The first-order chi connectivity index (χ1) is 7.50. The molecule has 1 N–H and O–H groups in total. The predicted octanol–water partition coefficient (Wildman–Crippen LogP) is 2.96. The Labute approximate surface area is 106 Å². The van der Waals surface area contributed by atoms with E-state index in [1.807, 2.05) is 6.92 Å². The molecule has 1 unspecified atom stereocenters. The number of hydrogen-bond donors (Lipinski definition) is 1. The van der Waals surface area contributed by atoms with Crippen molar-refractivity contribution in [1.82, 2.24) is 4.90 Å². The first-order valence-corrected chi connectivity index (χ1v) is 6.40. The third-order valence-corrected chi connectivity index (χ3v) is 3.61. The minimum Gasteiger partial charge on any atom is -0.393 e. The van der Waals surface area contributed by atoms with Gasteiger partial charge in [0.2, 0.25) is 0 Å². The van der Waals surface area contributed by atoms with E-state index in [2.05, 4.69) is 53.0 Å². The lowest BCUT2D eigenvalue weighted by molar-refractivity contribution is 0.163. The third kappa shape index (κ3) is 4.24. The summed E-state index contributed by atoms with van der Waals surface area (Å²) in [5.41, 5.74) is 2.63. The smallest absolute Gasteiger partial charge is 0.0524 e. The van der Waals surface area contributed by atoms with E-state index in [4.69, 9.17) is 0 Å². The first-order valence-electron chi connectivity index (χ1n) is 5.61. The van der Waals surface area contributed by atoms with Crippen LogP contribution in [0.25, 0.3) is 0 Å². The molecule has 90 valence electrons. The number of hydrogen-bond acceptors (Lipinski definition) is 2. The van der Waals surface area contributed by atoms with Crippen molar-refractivity contribution in [2.75, 3.05) is 13.6 Å². The number of benzene rings is 1. The fourth-order valence-electron chi connectivity index (χ4n) is 1.60. The zero-order valence-electron chi connectivity index (χ0n) is 10.2. The standard InChI is InChI=1S/C13H20BrNO/c1-10(16)7-8-15(3)9-12-5-4-6-13(14)11(12)2/h4-6,10,16H,7-9H2,1-3H3. The van der Waals surface area contributed by atoms with E-state index >= 15 is 0 Å². The summed E-state index contributed by atoms with van der Waals surface area (Å²) in [4.78, 5) is 2.24. The molecule has 0 saturated heterocycles. The largest absolute Gasteiger partial charge is 0.393 e. The molecule has 0 aliphatic rings. The molecule has 1 aromatic rings. The van der Waals surface area contributed by atoms with E-state index in [1.165, 1.54) is 11.1 Å². The molecule has 1 atom stereocenters. The average molecular weight is 286 g/mol. The topological polar surface area (TPSA) is 23.5 Å². The lowest BCUT2D eigenvalue weighted by Gasteiger charge is -2.19. The molecular formula is C13H20BrNO. The van der Waals surface area contributed by atoms with E-state index in [-0.39, 0.29) is 6.10 Å². The number of halogens is 1. The van der Waals surface area contributed by atoms with Crippen molar-refractivity contribution in [3.05, 3.63) is 33.8 Å². The van der Waals surface area contributed by atoms with Gasteiger partial charge in [0.1, 0.15) is 0 Å². The summed E-state index contributed by atoms with van der Waals surface area (Å²) < 4.78 is 1.16. The minimum absolute atomic E-state index is 0.217. The molecule has 0 aliphatic heterocycles. The molecule has 0 fully saturated rings. The molecule has 0 amide bonds. The van der Waals surface area contributed by atoms with Crippen LogP contribution >= 0.6 is 15.9 Å². The van der Waals surface area contributed by atoms with Crippen LogP contribution in [-0.4, -0.2) is 29.7 Å². The van der Waals surface area contributed by atoms with Gasteiger partial charge in [0.15, 0.2) is 0 Å². The molecule has 0 radical (unpaired) electrons. The lowest BCUT2D eigenvalue weighted by Crippen LogP contribution is -2.22. The molecule has 0 heterocycles. The summed E-state index contributed by atoms with van der Waals surface area (Å²) in [7, 11) is 2.09. The molecule has 0 spiro atoms. The number of aliphatic hydroxyl groups excluding tert-OH is 1. The van der Waals surface area contributed by atoms with Gasteiger partial charge in [0.05, 0.1) is 6.10 Å². The van der Waals surface area contributed by atoms with Crippen molar-refractivity contribution in [2.24, 2.45) is 0 Å². The highest BCUT2D eigenvalue weighted by atomic mass is 79.9. The second-order valence-corrected chi connectivity index (χ2v) is 5.25. The molecule has 0 saturated carbocycles. The van der Waals surface area contributed by atoms with Crippen molar-refractivity contribution in [3.63, 3.8) is 0 Å². The van der Waals surface area contributed by atoms with Crippen LogP contribution in [0, 0.1) is 6.92 Å². The van der Waals surface area contributed by atoms with Crippen LogP contribution in [0.15, 0.2) is 22.7 Å². The van der Waals surface area contributed by atoms with Gasteiger partial charge >= 0.3 is 0 Å². The maximum atomic E-state index is 9.23. The first kappa shape index (κ1) is 13.7. The zero-order chi connectivity index (χ0) is 12.1. The van der Waals surface area contributed by atoms with Crippen LogP contribution in [0.5, 0.6) is 0 Å². The van der Waals surface area contributed by atoms with Gasteiger partial charge in [-0.25, -0.2) is 0 Å². The highest BCUT2D eigenvalue weighted by molar-refractivity contribution is 9.10. The van der Waals surface area contributed by atoms with Gasteiger partial charge in [0.25, 0.3) is 0 Å². The summed E-state index contributed by atoms with van der Waals surface area (Å²) >= 11 is 3.54. The Morgan fingerprint density at radius 2 is 2.12 bits per heavy atom. The number of nitrogens with zero attached hydrogens (tertiary/aromatic N) is 1. The Balaban J connectivity index is 2.56. The van der Waals surface area contributed by atoms with Gasteiger partial charge in [0, 0.05) is 17.6 Å². The average Bonchev–Trinajstić information content (AvgIpc) is 2.22. The quantitative estimate of drug-likeness (QED) is 0.899. The van der Waals surface area contributed by atoms with Crippen LogP contribution < -0.4 is 0 Å². The summed E-state index contributed by atoms with van der Waals surface area (Å²) in [6, 6.07) is 6.28. The van der Waals surface area contributed by atoms with Crippen LogP contribution in [-0.2, 0) is 6.54 Å². The zero-order valence-corrected chi connectivity index (χ0v) is 11.8. The van der Waals surface area contributed by atoms with Crippen LogP contribution in [0.4, 0.5) is 0 Å². The van der Waals surface area contributed by atoms with E-state index in [1.54, 1.807) is 0 Å². The molecular weight excluding hydrogens is 266 g/mol. The maximum Gasteiger partial charge on any atom is 0.0524 e. The van der Waals surface area contributed by atoms with E-state index in [0.717, 1.165) is 24.0 Å². The number of rotatable bonds is 5. The van der Waals surface area contributed by atoms with Crippen LogP contribution in [0.1, 0.15) is 24.5 Å². The third-order valence-electron chi connectivity index (χ3n) is 2.75. The second kappa shape index (κ2) is 6.38. The van der Waals surface area contributed by atoms with Gasteiger partial charge in [-0.1, -0.05) is 28.1 Å². The van der Waals surface area contributed by atoms with E-state index in [0.29, 0.717) is 0 Å². The van der Waals surface area contributed by atoms with E-state index < -0.39 is 0 Å². The summed E-state index contributed by atoms with van der Waals surface area (Å²) in [6.45, 7) is 5.81. The minimum atomic E-state index is -0.217. The molecule has 1 rings (SSSR count). The fraction of sp³-hybridized carbons (Fsp3) is 0.538. The van der Waals surface area contributed by atoms with Crippen molar-refractivity contribution in [1.29, 1.82) is 0 Å². The second-order valence-electron chi connectivity index (χ2n) is 4.40. The SMILES string of the molecule is Cc1c(Br)cccc1CN(C)CCC(C)O. The summed E-state index contributed by atoms with van der Waals surface area (Å²) in [5, 5.41) is 9.23. The molecule has 16 heavy (non-hydrogen) atoms. The Kier molecular flexibility index (Phi) is 5.46. The van der Waals surface area contributed by atoms with Gasteiger partial charge in [-0.2, -0.15) is 0 Å². The Hall–Kier alpha value is -0.380. The molecule has 0 aliphatic carbocycles. The predicted molar refractivity (Wildman–Crippen MR) is 71.5 cm³/mol. The normalized spacial score (nSPS) is 13.1. The van der Waals surface area contributed by atoms with Crippen molar-refractivity contribution in [2.45, 2.75) is 32.9 Å². The highest BCUT2D eigenvalue weighted by Crippen LogP contribution is 2.20. The van der Waals surface area contributed by atoms with Gasteiger partial charge in [-0.05, 0) is 44.5 Å². The van der Waals surface area contributed by atoms with Crippen LogP contribution in [0.2, 0.25) is 0 Å². The Morgan fingerprint density at radius 1 is 1.44 bits per heavy atom. The summed E-state index contributed by atoms with van der Waals surface area (Å²) in [6.07, 6.45) is 0.606. The maximum absolute atomic E-state index is 9.23. The highest BCUT2D eigenvalue weighted by Gasteiger charge is 2.06. The van der Waals surface area contributed by atoms with Crippen LogP contribution in [0.3, 0.4) is 0 Å². The molecule has 3 heteroatoms. The Bertz CT molecular complexity index is 339. The fourth-order valence-corrected chi connectivity index (χ4v) is 2.01. The van der Waals surface area contributed by atoms with Gasteiger partial charge in [-0.15, -0.1) is 0 Å². The summed E-state index contributed by atoms with van der Waals surface area (Å²) in [5.74, 6) is 0. The number of aliphatic hydroxyl groups is 1. The molecule has 2 nitrogen and oxygen atoms in total. The van der Waals surface area contributed by atoms with Gasteiger partial charge in [-0.3, -0.25) is 0 Å².